The van der Waals surface area contributed by atoms with Crippen molar-refractivity contribution in [1.29, 1.82) is 0 Å². The molecule has 0 radical (unpaired) electrons. The molecule has 0 aliphatic carbocycles. The number of hydrogen-bond acceptors (Lipinski definition) is 3. The third-order valence-electron chi connectivity index (χ3n) is 2.60. The summed E-state index contributed by atoms with van der Waals surface area (Å²) in [5, 5.41) is 4.47. The predicted molar refractivity (Wildman–Crippen MR) is 54.3 cm³/mol. The maximum atomic E-state index is 3.66. The fraction of sp³-hybridized carbons (Fsp3) is 1.00. The number of nitrogens with one attached hydrogen (secondary N) is 1. The van der Waals surface area contributed by atoms with Crippen molar-refractivity contribution in [3.63, 3.8) is 0 Å². The predicted octanol–water partition coefficient (Wildman–Crippen LogP) is 1.93. The van der Waals surface area contributed by atoms with Gasteiger partial charge >= 0.3 is 0 Å². The van der Waals surface area contributed by atoms with E-state index >= 15 is 0 Å². The van der Waals surface area contributed by atoms with Crippen LogP contribution in [-0.2, 0) is 0 Å². The summed E-state index contributed by atoms with van der Waals surface area (Å²) < 4.78 is 0. The van der Waals surface area contributed by atoms with Gasteiger partial charge in [-0.1, -0.05) is 6.92 Å². The number of hydrogen-bond donors (Lipinski definition) is 1. The van der Waals surface area contributed by atoms with E-state index < -0.39 is 0 Å². The summed E-state index contributed by atoms with van der Waals surface area (Å²) in [6.45, 7) is 3.59. The molecule has 0 aromatic rings. The molecule has 2 atom stereocenters. The molecule has 2 heterocycles. The Balaban J connectivity index is 2.07. The maximum absolute atomic E-state index is 3.66. The Morgan fingerprint density at radius 3 is 3.00 bits per heavy atom. The summed E-state index contributed by atoms with van der Waals surface area (Å²) in [5.74, 6) is 2.68. The van der Waals surface area contributed by atoms with Gasteiger partial charge in [0.05, 0.1) is 4.87 Å². The van der Waals surface area contributed by atoms with Gasteiger partial charge in [-0.3, -0.25) is 0 Å². The van der Waals surface area contributed by atoms with Gasteiger partial charge in [-0.15, -0.1) is 11.8 Å². The third kappa shape index (κ3) is 1.43. The van der Waals surface area contributed by atoms with E-state index in [2.05, 4.69) is 35.8 Å². The second kappa shape index (κ2) is 3.19. The summed E-state index contributed by atoms with van der Waals surface area (Å²) in [7, 11) is 0. The second-order valence-corrected chi connectivity index (χ2v) is 6.16. The fourth-order valence-electron chi connectivity index (χ4n) is 1.90. The minimum atomic E-state index is 0.461. The van der Waals surface area contributed by atoms with Crippen LogP contribution in [0.3, 0.4) is 0 Å². The minimum Gasteiger partial charge on any atom is -0.301 e. The van der Waals surface area contributed by atoms with Gasteiger partial charge in [0.2, 0.25) is 0 Å². The van der Waals surface area contributed by atoms with E-state index in [1.165, 1.54) is 30.9 Å². The molecule has 1 spiro atoms. The van der Waals surface area contributed by atoms with Gasteiger partial charge in [-0.2, -0.15) is 11.8 Å². The van der Waals surface area contributed by atoms with Crippen LogP contribution in [0.2, 0.25) is 0 Å². The molecular weight excluding hydrogens is 174 g/mol. The van der Waals surface area contributed by atoms with Gasteiger partial charge in [0.1, 0.15) is 0 Å². The molecule has 0 aromatic heterocycles. The van der Waals surface area contributed by atoms with E-state index in [9.17, 15) is 0 Å². The van der Waals surface area contributed by atoms with Crippen LogP contribution in [0.5, 0.6) is 0 Å². The fourth-order valence-corrected chi connectivity index (χ4v) is 4.74. The Labute approximate surface area is 77.1 Å². The average Bonchev–Trinajstić information content (AvgIpc) is 2.46. The van der Waals surface area contributed by atoms with Crippen LogP contribution < -0.4 is 5.32 Å². The normalized spacial score (nSPS) is 45.0. The first kappa shape index (κ1) is 8.27. The van der Waals surface area contributed by atoms with Crippen molar-refractivity contribution in [2.45, 2.75) is 29.9 Å². The smallest absolute Gasteiger partial charge is 0.0763 e. The second-order valence-electron chi connectivity index (χ2n) is 3.28. The van der Waals surface area contributed by atoms with Crippen LogP contribution in [0.4, 0.5) is 0 Å². The zero-order chi connectivity index (χ0) is 7.73. The van der Waals surface area contributed by atoms with Crippen LogP contribution in [0.15, 0.2) is 0 Å². The lowest BCUT2D eigenvalue weighted by molar-refractivity contribution is 0.449. The molecule has 0 bridgehead atoms. The zero-order valence-electron chi connectivity index (χ0n) is 6.93. The Morgan fingerprint density at radius 1 is 1.45 bits per heavy atom. The van der Waals surface area contributed by atoms with Crippen LogP contribution in [0.25, 0.3) is 0 Å². The summed E-state index contributed by atoms with van der Waals surface area (Å²) in [6, 6.07) is 0. The summed E-state index contributed by atoms with van der Waals surface area (Å²) in [5.41, 5.74) is 0. The highest BCUT2D eigenvalue weighted by atomic mass is 32.2. The van der Waals surface area contributed by atoms with Crippen LogP contribution in [0.1, 0.15) is 19.8 Å². The lowest BCUT2D eigenvalue weighted by atomic mass is 10.1. The van der Waals surface area contributed by atoms with Crippen molar-refractivity contribution >= 4 is 23.5 Å². The van der Waals surface area contributed by atoms with Crippen molar-refractivity contribution in [1.82, 2.24) is 5.32 Å². The van der Waals surface area contributed by atoms with Gasteiger partial charge < -0.3 is 5.32 Å². The van der Waals surface area contributed by atoms with Crippen molar-refractivity contribution in [2.75, 3.05) is 18.1 Å². The van der Waals surface area contributed by atoms with Gasteiger partial charge in [0.25, 0.3) is 0 Å². The van der Waals surface area contributed by atoms with Crippen molar-refractivity contribution in [2.24, 2.45) is 0 Å². The molecule has 11 heavy (non-hydrogen) atoms. The summed E-state index contributed by atoms with van der Waals surface area (Å²) in [4.78, 5) is 0.461. The lowest BCUT2D eigenvalue weighted by Crippen LogP contribution is -2.47. The molecule has 2 fully saturated rings. The molecule has 1 nitrogen and oxygen atoms in total. The molecule has 0 amide bonds. The van der Waals surface area contributed by atoms with Crippen LogP contribution in [0, 0.1) is 0 Å². The lowest BCUT2D eigenvalue weighted by Gasteiger charge is -2.38. The molecule has 1 N–H and O–H groups in total. The largest absolute Gasteiger partial charge is 0.301 e. The van der Waals surface area contributed by atoms with E-state index in [0.717, 1.165) is 5.25 Å². The molecule has 0 saturated carbocycles. The number of rotatable bonds is 0. The highest BCUT2D eigenvalue weighted by molar-refractivity contribution is 8.04. The van der Waals surface area contributed by atoms with Crippen LogP contribution in [-0.4, -0.2) is 28.2 Å². The first-order valence-corrected chi connectivity index (χ1v) is 6.37. The SMILES string of the molecule is CC1SCCCC12NCCS2. The zero-order valence-corrected chi connectivity index (χ0v) is 8.56. The van der Waals surface area contributed by atoms with Gasteiger partial charge in [-0.05, 0) is 18.6 Å². The average molecular weight is 189 g/mol. The van der Waals surface area contributed by atoms with E-state index in [-0.39, 0.29) is 0 Å². The van der Waals surface area contributed by atoms with Crippen molar-refractivity contribution < 1.29 is 0 Å². The van der Waals surface area contributed by atoms with E-state index in [1.54, 1.807) is 0 Å². The molecule has 3 heteroatoms. The maximum Gasteiger partial charge on any atom is 0.0763 e. The van der Waals surface area contributed by atoms with Crippen LogP contribution >= 0.6 is 23.5 Å². The highest BCUT2D eigenvalue weighted by Gasteiger charge is 2.41. The van der Waals surface area contributed by atoms with Gasteiger partial charge in [0, 0.05) is 17.5 Å². The molecule has 2 saturated heterocycles. The van der Waals surface area contributed by atoms with E-state index in [0.29, 0.717) is 4.87 Å². The molecule has 2 rings (SSSR count). The molecule has 2 unspecified atom stereocenters. The minimum absolute atomic E-state index is 0.461. The first-order valence-electron chi connectivity index (χ1n) is 4.34. The molecule has 0 aromatic carbocycles. The monoisotopic (exact) mass is 189 g/mol. The van der Waals surface area contributed by atoms with Crippen molar-refractivity contribution in [3.8, 4) is 0 Å². The quantitative estimate of drug-likeness (QED) is 0.625. The Morgan fingerprint density at radius 2 is 2.36 bits per heavy atom. The Bertz CT molecular complexity index is 143. The molecule has 64 valence electrons. The Kier molecular flexibility index (Phi) is 2.40. The molecule has 2 aliphatic heterocycles. The van der Waals surface area contributed by atoms with Gasteiger partial charge in [-0.25, -0.2) is 0 Å². The van der Waals surface area contributed by atoms with E-state index in [1.807, 2.05) is 0 Å². The van der Waals surface area contributed by atoms with E-state index in [4.69, 9.17) is 0 Å². The number of thioether (sulfide) groups is 2. The Hall–Kier alpha value is 0.660. The standard InChI is InChI=1S/C8H15NS2/c1-7-8(3-2-5-10-7)9-4-6-11-8/h7,9H,2-6H2,1H3. The summed E-state index contributed by atoms with van der Waals surface area (Å²) >= 11 is 4.27. The molecular formula is C8H15NS2. The topological polar surface area (TPSA) is 12.0 Å². The van der Waals surface area contributed by atoms with Crippen molar-refractivity contribution in [3.05, 3.63) is 0 Å². The third-order valence-corrected chi connectivity index (χ3v) is 5.80. The first-order chi connectivity index (χ1) is 5.33. The molecule has 2 aliphatic rings. The van der Waals surface area contributed by atoms with Gasteiger partial charge in [0.15, 0.2) is 0 Å². The highest BCUT2D eigenvalue weighted by Crippen LogP contribution is 2.43. The summed E-state index contributed by atoms with van der Waals surface area (Å²) in [6.07, 6.45) is 2.78.